The molecule has 1 aromatic heterocycles. The Morgan fingerprint density at radius 3 is 2.88 bits per heavy atom. The molecule has 0 bridgehead atoms. The molecule has 2 saturated carbocycles. The largest absolute Gasteiger partial charge is 0.356 e. The lowest BCUT2D eigenvalue weighted by molar-refractivity contribution is -0.125. The highest BCUT2D eigenvalue weighted by molar-refractivity contribution is 5.79. The Labute approximate surface area is 101 Å². The van der Waals surface area contributed by atoms with Crippen LogP contribution in [0, 0.1) is 17.8 Å². The fourth-order valence-corrected chi connectivity index (χ4v) is 2.97. The van der Waals surface area contributed by atoms with Crippen molar-refractivity contribution in [3.63, 3.8) is 0 Å². The monoisotopic (exact) mass is 233 g/mol. The second kappa shape index (κ2) is 4.51. The fraction of sp³-hybridized carbons (Fsp3) is 0.692. The molecule has 2 aliphatic rings. The molecule has 2 unspecified atom stereocenters. The maximum atomic E-state index is 11.8. The molecule has 4 nitrogen and oxygen atoms in total. The van der Waals surface area contributed by atoms with Crippen molar-refractivity contribution < 1.29 is 4.79 Å². The summed E-state index contributed by atoms with van der Waals surface area (Å²) in [4.78, 5) is 15.8. The van der Waals surface area contributed by atoms with E-state index in [0.29, 0.717) is 5.92 Å². The van der Waals surface area contributed by atoms with Crippen molar-refractivity contribution in [3.8, 4) is 0 Å². The molecule has 0 saturated heterocycles. The van der Waals surface area contributed by atoms with E-state index in [-0.39, 0.29) is 5.91 Å². The molecule has 1 N–H and O–H groups in total. The van der Waals surface area contributed by atoms with Gasteiger partial charge in [-0.3, -0.25) is 4.79 Å². The maximum Gasteiger partial charge on any atom is 0.223 e. The molecule has 0 radical (unpaired) electrons. The van der Waals surface area contributed by atoms with Crippen LogP contribution in [0.25, 0.3) is 0 Å². The average molecular weight is 233 g/mol. The molecule has 2 atom stereocenters. The third-order valence-electron chi connectivity index (χ3n) is 4.07. The first kappa shape index (κ1) is 10.8. The number of rotatable bonds is 5. The van der Waals surface area contributed by atoms with E-state index >= 15 is 0 Å². The van der Waals surface area contributed by atoms with Crippen molar-refractivity contribution in [2.24, 2.45) is 17.8 Å². The number of hydrogen-bond acceptors (Lipinski definition) is 2. The second-order valence-corrected chi connectivity index (χ2v) is 5.37. The van der Waals surface area contributed by atoms with Crippen molar-refractivity contribution in [2.75, 3.05) is 6.54 Å². The maximum absolute atomic E-state index is 11.8. The standard InChI is InChI=1S/C13H19N3O/c17-13(12-7-10-6-11(10)8-12)15-2-1-4-16-5-3-14-9-16/h3,5,9-12H,1-2,4,6-8H2,(H,15,17). The summed E-state index contributed by atoms with van der Waals surface area (Å²) in [6, 6.07) is 0. The van der Waals surface area contributed by atoms with Gasteiger partial charge in [0.1, 0.15) is 0 Å². The molecule has 0 spiro atoms. The summed E-state index contributed by atoms with van der Waals surface area (Å²) in [7, 11) is 0. The van der Waals surface area contributed by atoms with Crippen LogP contribution in [-0.2, 0) is 11.3 Å². The predicted octanol–water partition coefficient (Wildman–Crippen LogP) is 1.44. The zero-order chi connectivity index (χ0) is 11.7. The first-order valence-corrected chi connectivity index (χ1v) is 6.56. The number of nitrogens with zero attached hydrogens (tertiary/aromatic N) is 2. The summed E-state index contributed by atoms with van der Waals surface area (Å²) in [5, 5.41) is 3.06. The molecule has 1 amide bonds. The Balaban J connectivity index is 1.32. The van der Waals surface area contributed by atoms with Crippen LogP contribution >= 0.6 is 0 Å². The number of carbonyl (C=O) groups excluding carboxylic acids is 1. The van der Waals surface area contributed by atoms with Gasteiger partial charge in [-0.25, -0.2) is 4.98 Å². The summed E-state index contributed by atoms with van der Waals surface area (Å²) >= 11 is 0. The lowest BCUT2D eigenvalue weighted by Gasteiger charge is -2.12. The SMILES string of the molecule is O=C(NCCCn1ccnc1)C1CC2CC2C1. The summed E-state index contributed by atoms with van der Waals surface area (Å²) in [5.74, 6) is 2.36. The van der Waals surface area contributed by atoms with Gasteiger partial charge in [0, 0.05) is 31.4 Å². The number of imidazole rings is 1. The summed E-state index contributed by atoms with van der Waals surface area (Å²) in [6.07, 6.45) is 10.2. The Morgan fingerprint density at radius 2 is 2.18 bits per heavy atom. The molecule has 2 fully saturated rings. The van der Waals surface area contributed by atoms with Crippen molar-refractivity contribution in [1.29, 1.82) is 0 Å². The van der Waals surface area contributed by atoms with E-state index in [0.717, 1.165) is 44.2 Å². The summed E-state index contributed by atoms with van der Waals surface area (Å²) < 4.78 is 2.04. The Morgan fingerprint density at radius 1 is 1.35 bits per heavy atom. The first-order valence-electron chi connectivity index (χ1n) is 6.56. The van der Waals surface area contributed by atoms with Crippen LogP contribution in [-0.4, -0.2) is 22.0 Å². The van der Waals surface area contributed by atoms with E-state index in [2.05, 4.69) is 10.3 Å². The molecule has 4 heteroatoms. The zero-order valence-electron chi connectivity index (χ0n) is 10.0. The molecule has 1 aromatic rings. The zero-order valence-corrected chi connectivity index (χ0v) is 10.0. The average Bonchev–Trinajstić information content (AvgIpc) is 2.81. The second-order valence-electron chi connectivity index (χ2n) is 5.37. The highest BCUT2D eigenvalue weighted by Gasteiger charge is 2.47. The van der Waals surface area contributed by atoms with E-state index in [1.54, 1.807) is 6.20 Å². The molecule has 17 heavy (non-hydrogen) atoms. The van der Waals surface area contributed by atoms with Gasteiger partial charge in [0.25, 0.3) is 0 Å². The van der Waals surface area contributed by atoms with Crippen molar-refractivity contribution in [3.05, 3.63) is 18.7 Å². The Hall–Kier alpha value is -1.32. The number of nitrogens with one attached hydrogen (secondary N) is 1. The summed E-state index contributed by atoms with van der Waals surface area (Å²) in [5.41, 5.74) is 0. The van der Waals surface area contributed by atoms with Crippen LogP contribution in [0.5, 0.6) is 0 Å². The number of amides is 1. The van der Waals surface area contributed by atoms with Crippen molar-refractivity contribution in [2.45, 2.75) is 32.2 Å². The molecule has 92 valence electrons. The van der Waals surface area contributed by atoms with Gasteiger partial charge in [0.05, 0.1) is 6.33 Å². The minimum absolute atomic E-state index is 0.280. The molecule has 0 aromatic carbocycles. The molecule has 0 aliphatic heterocycles. The third kappa shape index (κ3) is 2.51. The number of carbonyl (C=O) groups is 1. The summed E-state index contributed by atoms with van der Waals surface area (Å²) in [6.45, 7) is 1.71. The number of aromatic nitrogens is 2. The van der Waals surface area contributed by atoms with Gasteiger partial charge in [0.2, 0.25) is 5.91 Å². The Kier molecular flexibility index (Phi) is 2.87. The highest BCUT2D eigenvalue weighted by atomic mass is 16.1. The fourth-order valence-electron chi connectivity index (χ4n) is 2.97. The van der Waals surface area contributed by atoms with Crippen LogP contribution in [0.1, 0.15) is 25.7 Å². The van der Waals surface area contributed by atoms with Gasteiger partial charge in [-0.05, 0) is 37.5 Å². The van der Waals surface area contributed by atoms with Gasteiger partial charge in [-0.2, -0.15) is 0 Å². The smallest absolute Gasteiger partial charge is 0.223 e. The molecular formula is C13H19N3O. The number of aryl methyl sites for hydroxylation is 1. The van der Waals surface area contributed by atoms with E-state index < -0.39 is 0 Å². The van der Waals surface area contributed by atoms with Gasteiger partial charge in [-0.1, -0.05) is 0 Å². The van der Waals surface area contributed by atoms with Gasteiger partial charge >= 0.3 is 0 Å². The van der Waals surface area contributed by atoms with E-state index in [1.165, 1.54) is 6.42 Å². The van der Waals surface area contributed by atoms with Gasteiger partial charge in [-0.15, -0.1) is 0 Å². The quantitative estimate of drug-likeness (QED) is 0.782. The topological polar surface area (TPSA) is 46.9 Å². The minimum atomic E-state index is 0.280. The molecule has 2 aliphatic carbocycles. The van der Waals surface area contributed by atoms with Crippen LogP contribution < -0.4 is 5.32 Å². The predicted molar refractivity (Wildman–Crippen MR) is 64.2 cm³/mol. The van der Waals surface area contributed by atoms with E-state index in [1.807, 2.05) is 17.1 Å². The molecular weight excluding hydrogens is 214 g/mol. The van der Waals surface area contributed by atoms with E-state index in [9.17, 15) is 4.79 Å². The number of hydrogen-bond donors (Lipinski definition) is 1. The van der Waals surface area contributed by atoms with Crippen LogP contribution in [0.2, 0.25) is 0 Å². The normalized spacial score (nSPS) is 30.0. The van der Waals surface area contributed by atoms with E-state index in [4.69, 9.17) is 0 Å². The highest BCUT2D eigenvalue weighted by Crippen LogP contribution is 2.54. The van der Waals surface area contributed by atoms with Gasteiger partial charge in [0.15, 0.2) is 0 Å². The number of fused-ring (bicyclic) bond motifs is 1. The molecule has 1 heterocycles. The minimum Gasteiger partial charge on any atom is -0.356 e. The lowest BCUT2D eigenvalue weighted by Crippen LogP contribution is -2.31. The van der Waals surface area contributed by atoms with Gasteiger partial charge < -0.3 is 9.88 Å². The van der Waals surface area contributed by atoms with Crippen LogP contribution in [0.15, 0.2) is 18.7 Å². The van der Waals surface area contributed by atoms with Crippen LogP contribution in [0.3, 0.4) is 0 Å². The lowest BCUT2D eigenvalue weighted by atomic mass is 10.0. The third-order valence-corrected chi connectivity index (χ3v) is 4.07. The Bertz CT molecular complexity index is 377. The first-order chi connectivity index (χ1) is 8.33. The van der Waals surface area contributed by atoms with Crippen molar-refractivity contribution in [1.82, 2.24) is 14.9 Å². The van der Waals surface area contributed by atoms with Crippen molar-refractivity contribution >= 4 is 5.91 Å². The van der Waals surface area contributed by atoms with Crippen LogP contribution in [0.4, 0.5) is 0 Å². The molecule has 3 rings (SSSR count).